The summed E-state index contributed by atoms with van der Waals surface area (Å²) in [6, 6.07) is 4.30. The number of amides is 1. The van der Waals surface area contributed by atoms with Crippen molar-refractivity contribution in [1.82, 2.24) is 5.32 Å². The van der Waals surface area contributed by atoms with Crippen LogP contribution in [0, 0.1) is 10.1 Å². The third-order valence-electron chi connectivity index (χ3n) is 3.56. The predicted molar refractivity (Wildman–Crippen MR) is 78.6 cm³/mol. The summed E-state index contributed by atoms with van der Waals surface area (Å²) in [7, 11) is 0. The van der Waals surface area contributed by atoms with Gasteiger partial charge in [-0.1, -0.05) is 0 Å². The normalized spacial score (nSPS) is 21.4. The van der Waals surface area contributed by atoms with Crippen molar-refractivity contribution in [1.29, 1.82) is 0 Å². The topological polar surface area (TPSA) is 95.7 Å². The SMILES string of the molecule is CCNC(=O)c1ccc([N+](=O)[O-])c(N2CCC(C)(O)C2)c1. The van der Waals surface area contributed by atoms with E-state index in [0.717, 1.165) is 0 Å². The second kappa shape index (κ2) is 5.69. The van der Waals surface area contributed by atoms with Crippen LogP contribution in [0.4, 0.5) is 11.4 Å². The minimum Gasteiger partial charge on any atom is -0.388 e. The molecule has 7 nitrogen and oxygen atoms in total. The van der Waals surface area contributed by atoms with Crippen LogP contribution in [-0.2, 0) is 0 Å². The Balaban J connectivity index is 2.38. The molecule has 1 heterocycles. The molecule has 0 spiro atoms. The number of aliphatic hydroxyl groups is 1. The highest BCUT2D eigenvalue weighted by Crippen LogP contribution is 2.34. The molecule has 7 heteroatoms. The maximum absolute atomic E-state index is 11.9. The lowest BCUT2D eigenvalue weighted by atomic mass is 10.1. The van der Waals surface area contributed by atoms with E-state index in [4.69, 9.17) is 0 Å². The van der Waals surface area contributed by atoms with Crippen molar-refractivity contribution < 1.29 is 14.8 Å². The molecule has 21 heavy (non-hydrogen) atoms. The maximum Gasteiger partial charge on any atom is 0.292 e. The summed E-state index contributed by atoms with van der Waals surface area (Å²) in [4.78, 5) is 24.3. The average molecular weight is 293 g/mol. The van der Waals surface area contributed by atoms with Crippen LogP contribution >= 0.6 is 0 Å². The van der Waals surface area contributed by atoms with Crippen molar-refractivity contribution >= 4 is 17.3 Å². The molecular formula is C14H19N3O4. The lowest BCUT2D eigenvalue weighted by Gasteiger charge is -2.21. The van der Waals surface area contributed by atoms with Crippen LogP contribution in [0.15, 0.2) is 18.2 Å². The number of nitrogens with one attached hydrogen (secondary N) is 1. The molecule has 1 amide bonds. The van der Waals surface area contributed by atoms with Crippen molar-refractivity contribution in [3.05, 3.63) is 33.9 Å². The van der Waals surface area contributed by atoms with Crippen molar-refractivity contribution in [2.45, 2.75) is 25.9 Å². The lowest BCUT2D eigenvalue weighted by Crippen LogP contribution is -2.30. The van der Waals surface area contributed by atoms with Crippen LogP contribution in [-0.4, -0.2) is 41.2 Å². The van der Waals surface area contributed by atoms with Gasteiger partial charge in [-0.05, 0) is 32.4 Å². The molecule has 1 aromatic rings. The number of nitro benzene ring substituents is 1. The number of carbonyl (C=O) groups is 1. The Labute approximate surface area is 122 Å². The van der Waals surface area contributed by atoms with Gasteiger partial charge < -0.3 is 15.3 Å². The van der Waals surface area contributed by atoms with E-state index in [1.165, 1.54) is 18.2 Å². The first kappa shape index (κ1) is 15.2. The zero-order valence-corrected chi connectivity index (χ0v) is 12.1. The first-order valence-corrected chi connectivity index (χ1v) is 6.88. The first-order valence-electron chi connectivity index (χ1n) is 6.88. The zero-order chi connectivity index (χ0) is 15.6. The molecule has 1 fully saturated rings. The van der Waals surface area contributed by atoms with Gasteiger partial charge in [-0.2, -0.15) is 0 Å². The molecule has 1 aliphatic rings. The quantitative estimate of drug-likeness (QED) is 0.644. The number of anilines is 1. The third-order valence-corrected chi connectivity index (χ3v) is 3.56. The fourth-order valence-corrected chi connectivity index (χ4v) is 2.49. The molecule has 0 aliphatic carbocycles. The second-order valence-electron chi connectivity index (χ2n) is 5.49. The van der Waals surface area contributed by atoms with E-state index in [-0.39, 0.29) is 11.6 Å². The summed E-state index contributed by atoms with van der Waals surface area (Å²) in [6.45, 7) is 4.83. The number of nitro groups is 1. The van der Waals surface area contributed by atoms with Gasteiger partial charge in [0.1, 0.15) is 5.69 Å². The molecule has 0 radical (unpaired) electrons. The maximum atomic E-state index is 11.9. The summed E-state index contributed by atoms with van der Waals surface area (Å²) in [5, 5.41) is 23.9. The molecule has 0 saturated carbocycles. The van der Waals surface area contributed by atoms with Gasteiger partial charge in [0.25, 0.3) is 11.6 Å². The van der Waals surface area contributed by atoms with Crippen molar-refractivity contribution in [2.24, 2.45) is 0 Å². The van der Waals surface area contributed by atoms with E-state index in [2.05, 4.69) is 5.32 Å². The molecular weight excluding hydrogens is 274 g/mol. The molecule has 1 atom stereocenters. The van der Waals surface area contributed by atoms with E-state index in [9.17, 15) is 20.0 Å². The van der Waals surface area contributed by atoms with Crippen molar-refractivity contribution in [2.75, 3.05) is 24.5 Å². The number of nitrogens with zero attached hydrogens (tertiary/aromatic N) is 2. The Morgan fingerprint density at radius 1 is 1.57 bits per heavy atom. The van der Waals surface area contributed by atoms with Gasteiger partial charge in [-0.15, -0.1) is 0 Å². The number of carbonyl (C=O) groups excluding carboxylic acids is 1. The molecule has 2 rings (SSSR count). The van der Waals surface area contributed by atoms with E-state index in [0.29, 0.717) is 37.3 Å². The largest absolute Gasteiger partial charge is 0.388 e. The summed E-state index contributed by atoms with van der Waals surface area (Å²) in [6.07, 6.45) is 0.537. The molecule has 1 aromatic carbocycles. The number of rotatable bonds is 4. The predicted octanol–water partition coefficient (Wildman–Crippen LogP) is 1.31. The summed E-state index contributed by atoms with van der Waals surface area (Å²) in [5.41, 5.74) is -0.165. The van der Waals surface area contributed by atoms with Gasteiger partial charge in [0.15, 0.2) is 0 Å². The molecule has 1 aliphatic heterocycles. The fraction of sp³-hybridized carbons (Fsp3) is 0.500. The summed E-state index contributed by atoms with van der Waals surface area (Å²) < 4.78 is 0. The Morgan fingerprint density at radius 3 is 2.81 bits per heavy atom. The monoisotopic (exact) mass is 293 g/mol. The summed E-state index contributed by atoms with van der Waals surface area (Å²) >= 11 is 0. The van der Waals surface area contributed by atoms with Gasteiger partial charge >= 0.3 is 0 Å². The first-order chi connectivity index (χ1) is 9.84. The Kier molecular flexibility index (Phi) is 4.13. The summed E-state index contributed by atoms with van der Waals surface area (Å²) in [5.74, 6) is -0.264. The number of β-amino-alcohol motifs (C(OH)–C–C–N with tert-alkyl or cyclic N) is 1. The Hall–Kier alpha value is -2.15. The van der Waals surface area contributed by atoms with E-state index < -0.39 is 10.5 Å². The van der Waals surface area contributed by atoms with Gasteiger partial charge in [0, 0.05) is 31.3 Å². The zero-order valence-electron chi connectivity index (χ0n) is 12.1. The van der Waals surface area contributed by atoms with Gasteiger partial charge in [0.2, 0.25) is 0 Å². The van der Waals surface area contributed by atoms with E-state index in [1.807, 2.05) is 6.92 Å². The van der Waals surface area contributed by atoms with Crippen LogP contribution in [0.1, 0.15) is 30.6 Å². The van der Waals surface area contributed by atoms with Gasteiger partial charge in [0.05, 0.1) is 10.5 Å². The third kappa shape index (κ3) is 3.30. The van der Waals surface area contributed by atoms with Crippen LogP contribution in [0.3, 0.4) is 0 Å². The Morgan fingerprint density at radius 2 is 2.29 bits per heavy atom. The highest BCUT2D eigenvalue weighted by Gasteiger charge is 2.34. The van der Waals surface area contributed by atoms with E-state index >= 15 is 0 Å². The van der Waals surface area contributed by atoms with Crippen molar-refractivity contribution in [3.8, 4) is 0 Å². The van der Waals surface area contributed by atoms with Crippen LogP contribution < -0.4 is 10.2 Å². The molecule has 0 aromatic heterocycles. The Bertz CT molecular complexity index is 571. The van der Waals surface area contributed by atoms with Gasteiger partial charge in [-0.3, -0.25) is 14.9 Å². The fourth-order valence-electron chi connectivity index (χ4n) is 2.49. The lowest BCUT2D eigenvalue weighted by molar-refractivity contribution is -0.384. The molecule has 2 N–H and O–H groups in total. The average Bonchev–Trinajstić information content (AvgIpc) is 2.78. The second-order valence-corrected chi connectivity index (χ2v) is 5.49. The van der Waals surface area contributed by atoms with E-state index in [1.54, 1.807) is 11.8 Å². The number of benzene rings is 1. The van der Waals surface area contributed by atoms with Crippen LogP contribution in [0.25, 0.3) is 0 Å². The highest BCUT2D eigenvalue weighted by atomic mass is 16.6. The van der Waals surface area contributed by atoms with Crippen LogP contribution in [0.2, 0.25) is 0 Å². The molecule has 1 unspecified atom stereocenters. The number of hydrogen-bond acceptors (Lipinski definition) is 5. The minimum atomic E-state index is -0.866. The smallest absolute Gasteiger partial charge is 0.292 e. The molecule has 1 saturated heterocycles. The van der Waals surface area contributed by atoms with Crippen molar-refractivity contribution in [3.63, 3.8) is 0 Å². The molecule has 0 bridgehead atoms. The highest BCUT2D eigenvalue weighted by molar-refractivity contribution is 5.96. The number of hydrogen-bond donors (Lipinski definition) is 2. The minimum absolute atomic E-state index is 0.0549. The van der Waals surface area contributed by atoms with Gasteiger partial charge in [-0.25, -0.2) is 0 Å². The van der Waals surface area contributed by atoms with Crippen LogP contribution in [0.5, 0.6) is 0 Å². The standard InChI is InChI=1S/C14H19N3O4/c1-3-15-13(18)10-4-5-11(17(20)21)12(8-10)16-7-6-14(2,19)9-16/h4-5,8,19H,3,6-7,9H2,1-2H3,(H,15,18). The molecule has 114 valence electrons.